The normalized spacial score (nSPS) is 10.6. The maximum absolute atomic E-state index is 8.40. The number of aliphatic hydroxyl groups is 1. The predicted octanol–water partition coefficient (Wildman–Crippen LogP) is 1.32. The SMILES string of the molecule is OCCO/N=C/c1ccccc1S. The maximum atomic E-state index is 8.40. The van der Waals surface area contributed by atoms with Crippen molar-refractivity contribution in [2.75, 3.05) is 13.2 Å². The smallest absolute Gasteiger partial charge is 0.140 e. The largest absolute Gasteiger partial charge is 0.393 e. The van der Waals surface area contributed by atoms with Crippen LogP contribution < -0.4 is 0 Å². The molecule has 13 heavy (non-hydrogen) atoms. The van der Waals surface area contributed by atoms with Crippen molar-refractivity contribution in [2.24, 2.45) is 5.16 Å². The van der Waals surface area contributed by atoms with Gasteiger partial charge in [-0.05, 0) is 6.07 Å². The highest BCUT2D eigenvalue weighted by Crippen LogP contribution is 2.09. The lowest BCUT2D eigenvalue weighted by Gasteiger charge is -1.97. The number of benzene rings is 1. The lowest BCUT2D eigenvalue weighted by molar-refractivity contribution is 0.0997. The number of nitrogens with zero attached hydrogens (tertiary/aromatic N) is 1. The minimum absolute atomic E-state index is 0.0279. The van der Waals surface area contributed by atoms with Crippen LogP contribution in [0.2, 0.25) is 0 Å². The summed E-state index contributed by atoms with van der Waals surface area (Å²) in [5.41, 5.74) is 0.892. The molecular weight excluding hydrogens is 186 g/mol. The summed E-state index contributed by atoms with van der Waals surface area (Å²) in [6.07, 6.45) is 1.57. The highest BCUT2D eigenvalue weighted by molar-refractivity contribution is 7.80. The third kappa shape index (κ3) is 3.48. The molecule has 1 rings (SSSR count). The van der Waals surface area contributed by atoms with Crippen LogP contribution in [0.15, 0.2) is 34.3 Å². The summed E-state index contributed by atoms with van der Waals surface area (Å²) in [5.74, 6) is 0. The van der Waals surface area contributed by atoms with Crippen molar-refractivity contribution in [1.29, 1.82) is 0 Å². The zero-order chi connectivity index (χ0) is 9.52. The first kappa shape index (κ1) is 10.1. The van der Waals surface area contributed by atoms with E-state index in [0.717, 1.165) is 10.5 Å². The number of hydrogen-bond donors (Lipinski definition) is 2. The second-order valence-electron chi connectivity index (χ2n) is 2.35. The van der Waals surface area contributed by atoms with E-state index in [-0.39, 0.29) is 13.2 Å². The Bertz CT molecular complexity index is 289. The Labute approximate surface area is 82.4 Å². The van der Waals surface area contributed by atoms with Crippen LogP contribution in [-0.4, -0.2) is 24.5 Å². The van der Waals surface area contributed by atoms with E-state index in [4.69, 9.17) is 9.94 Å². The minimum Gasteiger partial charge on any atom is -0.393 e. The molecule has 1 N–H and O–H groups in total. The standard InChI is InChI=1S/C9H11NO2S/c11-5-6-12-10-7-8-3-1-2-4-9(8)13/h1-4,7,11,13H,5-6H2/b10-7+. The number of rotatable bonds is 4. The molecule has 1 aromatic carbocycles. The highest BCUT2D eigenvalue weighted by Gasteiger charge is 1.92. The van der Waals surface area contributed by atoms with Gasteiger partial charge in [-0.25, -0.2) is 0 Å². The van der Waals surface area contributed by atoms with Gasteiger partial charge >= 0.3 is 0 Å². The highest BCUT2D eigenvalue weighted by atomic mass is 32.1. The van der Waals surface area contributed by atoms with Crippen LogP contribution in [0.3, 0.4) is 0 Å². The van der Waals surface area contributed by atoms with E-state index in [0.29, 0.717) is 0 Å². The van der Waals surface area contributed by atoms with Crippen LogP contribution >= 0.6 is 12.6 Å². The summed E-state index contributed by atoms with van der Waals surface area (Å²) in [5, 5.41) is 12.1. The van der Waals surface area contributed by atoms with Crippen molar-refractivity contribution in [1.82, 2.24) is 0 Å². The molecule has 0 unspecified atom stereocenters. The van der Waals surface area contributed by atoms with E-state index in [1.54, 1.807) is 6.21 Å². The van der Waals surface area contributed by atoms with E-state index < -0.39 is 0 Å². The molecule has 0 aromatic heterocycles. The number of hydrogen-bond acceptors (Lipinski definition) is 4. The third-order valence-corrected chi connectivity index (χ3v) is 1.79. The molecule has 0 spiro atoms. The van der Waals surface area contributed by atoms with Gasteiger partial charge in [0, 0.05) is 10.5 Å². The van der Waals surface area contributed by atoms with E-state index in [9.17, 15) is 0 Å². The molecule has 0 fully saturated rings. The molecule has 70 valence electrons. The van der Waals surface area contributed by atoms with Crippen LogP contribution in [0.5, 0.6) is 0 Å². The lowest BCUT2D eigenvalue weighted by Crippen LogP contribution is -1.93. The average molecular weight is 197 g/mol. The molecular formula is C9H11NO2S. The van der Waals surface area contributed by atoms with Crippen LogP contribution in [0, 0.1) is 0 Å². The Kier molecular flexibility index (Phi) is 4.35. The molecule has 0 aliphatic rings. The molecule has 1 aromatic rings. The minimum atomic E-state index is -0.0279. The van der Waals surface area contributed by atoms with Gasteiger partial charge in [0.15, 0.2) is 0 Å². The summed E-state index contributed by atoms with van der Waals surface area (Å²) in [7, 11) is 0. The predicted molar refractivity (Wildman–Crippen MR) is 54.3 cm³/mol. The molecule has 0 aliphatic carbocycles. The fourth-order valence-electron chi connectivity index (χ4n) is 0.784. The second kappa shape index (κ2) is 5.61. The van der Waals surface area contributed by atoms with Gasteiger partial charge in [0.25, 0.3) is 0 Å². The lowest BCUT2D eigenvalue weighted by atomic mass is 10.2. The Morgan fingerprint density at radius 1 is 1.46 bits per heavy atom. The molecule has 0 heterocycles. The van der Waals surface area contributed by atoms with Gasteiger partial charge < -0.3 is 9.94 Å². The van der Waals surface area contributed by atoms with E-state index >= 15 is 0 Å². The average Bonchev–Trinajstić information content (AvgIpc) is 2.15. The van der Waals surface area contributed by atoms with Gasteiger partial charge in [-0.1, -0.05) is 23.4 Å². The van der Waals surface area contributed by atoms with Crippen LogP contribution in [0.1, 0.15) is 5.56 Å². The van der Waals surface area contributed by atoms with Crippen molar-refractivity contribution >= 4 is 18.8 Å². The molecule has 0 radical (unpaired) electrons. The zero-order valence-electron chi connectivity index (χ0n) is 7.05. The summed E-state index contributed by atoms with van der Waals surface area (Å²) >= 11 is 4.23. The molecule has 0 aliphatic heterocycles. The van der Waals surface area contributed by atoms with Crippen molar-refractivity contribution < 1.29 is 9.94 Å². The van der Waals surface area contributed by atoms with Gasteiger partial charge in [-0.3, -0.25) is 0 Å². The van der Waals surface area contributed by atoms with E-state index in [1.165, 1.54) is 0 Å². The molecule has 0 bridgehead atoms. The Hall–Kier alpha value is -1.00. The summed E-state index contributed by atoms with van der Waals surface area (Å²) in [4.78, 5) is 5.57. The number of thiol groups is 1. The van der Waals surface area contributed by atoms with Crippen LogP contribution in [-0.2, 0) is 4.84 Å². The summed E-state index contributed by atoms with van der Waals surface area (Å²) in [6.45, 7) is 0.186. The van der Waals surface area contributed by atoms with E-state index in [1.807, 2.05) is 24.3 Å². The molecule has 0 saturated heterocycles. The zero-order valence-corrected chi connectivity index (χ0v) is 7.95. The molecule has 0 amide bonds. The van der Waals surface area contributed by atoms with Gasteiger partial charge in [0.05, 0.1) is 12.8 Å². The Morgan fingerprint density at radius 3 is 2.92 bits per heavy atom. The quantitative estimate of drug-likeness (QED) is 0.331. The fourth-order valence-corrected chi connectivity index (χ4v) is 1.00. The Morgan fingerprint density at radius 2 is 2.23 bits per heavy atom. The molecule has 0 atom stereocenters. The Balaban J connectivity index is 2.53. The number of aliphatic hydroxyl groups excluding tert-OH is 1. The van der Waals surface area contributed by atoms with Gasteiger partial charge in [-0.2, -0.15) is 0 Å². The maximum Gasteiger partial charge on any atom is 0.140 e. The third-order valence-electron chi connectivity index (χ3n) is 1.39. The fraction of sp³-hybridized carbons (Fsp3) is 0.222. The topological polar surface area (TPSA) is 41.8 Å². The first-order chi connectivity index (χ1) is 6.34. The van der Waals surface area contributed by atoms with Crippen LogP contribution in [0.4, 0.5) is 0 Å². The van der Waals surface area contributed by atoms with Gasteiger partial charge in [0.2, 0.25) is 0 Å². The number of oxime groups is 1. The van der Waals surface area contributed by atoms with Crippen molar-refractivity contribution in [2.45, 2.75) is 4.90 Å². The molecule has 4 heteroatoms. The van der Waals surface area contributed by atoms with E-state index in [2.05, 4.69) is 17.8 Å². The van der Waals surface area contributed by atoms with Crippen LogP contribution in [0.25, 0.3) is 0 Å². The molecule has 0 saturated carbocycles. The van der Waals surface area contributed by atoms with Gasteiger partial charge in [0.1, 0.15) is 6.61 Å². The summed E-state index contributed by atoms with van der Waals surface area (Å²) in [6, 6.07) is 7.55. The summed E-state index contributed by atoms with van der Waals surface area (Å²) < 4.78 is 0. The monoisotopic (exact) mass is 197 g/mol. The van der Waals surface area contributed by atoms with Crippen molar-refractivity contribution in [3.63, 3.8) is 0 Å². The first-order valence-corrected chi connectivity index (χ1v) is 4.33. The van der Waals surface area contributed by atoms with Crippen molar-refractivity contribution in [3.8, 4) is 0 Å². The molecule has 3 nitrogen and oxygen atoms in total. The van der Waals surface area contributed by atoms with Gasteiger partial charge in [-0.15, -0.1) is 12.6 Å². The van der Waals surface area contributed by atoms with Crippen molar-refractivity contribution in [3.05, 3.63) is 29.8 Å². The second-order valence-corrected chi connectivity index (χ2v) is 2.83. The first-order valence-electron chi connectivity index (χ1n) is 3.89.